The number of thioether (sulfide) groups is 1. The number of anilines is 1. The molecule has 0 aliphatic carbocycles. The molecule has 0 bridgehead atoms. The standard InChI is InChI=1S/C10H9F2N3S/c1-16-7-3-2-5(11)9(10(7)12)6-4-8(13)15-14-6/h2-4H,1H3,(H3,13,14,15). The summed E-state index contributed by atoms with van der Waals surface area (Å²) in [5.74, 6) is -1.04. The Morgan fingerprint density at radius 2 is 2.12 bits per heavy atom. The van der Waals surface area contributed by atoms with Crippen LogP contribution in [0.15, 0.2) is 23.1 Å². The molecule has 0 saturated heterocycles. The zero-order valence-electron chi connectivity index (χ0n) is 8.42. The minimum Gasteiger partial charge on any atom is -0.382 e. The minimum atomic E-state index is -0.640. The highest BCUT2D eigenvalue weighted by Gasteiger charge is 2.16. The lowest BCUT2D eigenvalue weighted by Gasteiger charge is -2.05. The molecule has 84 valence electrons. The summed E-state index contributed by atoms with van der Waals surface area (Å²) in [6, 6.07) is 4.02. The van der Waals surface area contributed by atoms with Crippen molar-refractivity contribution in [2.24, 2.45) is 0 Å². The Kier molecular flexibility index (Phi) is 2.82. The van der Waals surface area contributed by atoms with E-state index in [0.717, 1.165) is 0 Å². The summed E-state index contributed by atoms with van der Waals surface area (Å²) in [5, 5.41) is 6.13. The minimum absolute atomic E-state index is 0.129. The Hall–Kier alpha value is -1.56. The first kappa shape index (κ1) is 10.9. The summed E-state index contributed by atoms with van der Waals surface area (Å²) in [6.07, 6.45) is 1.72. The van der Waals surface area contributed by atoms with E-state index in [-0.39, 0.29) is 17.1 Å². The van der Waals surface area contributed by atoms with Gasteiger partial charge in [-0.15, -0.1) is 11.8 Å². The van der Waals surface area contributed by atoms with Crippen LogP contribution in [0.3, 0.4) is 0 Å². The Balaban J connectivity index is 2.63. The summed E-state index contributed by atoms with van der Waals surface area (Å²) >= 11 is 1.21. The summed E-state index contributed by atoms with van der Waals surface area (Å²) in [4.78, 5) is 0.379. The fourth-order valence-corrected chi connectivity index (χ4v) is 1.89. The monoisotopic (exact) mass is 241 g/mol. The average Bonchev–Trinajstić information content (AvgIpc) is 2.65. The molecule has 1 aromatic carbocycles. The number of nitrogen functional groups attached to an aromatic ring is 1. The van der Waals surface area contributed by atoms with Crippen molar-refractivity contribution in [1.29, 1.82) is 0 Å². The summed E-state index contributed by atoms with van der Waals surface area (Å²) in [7, 11) is 0. The number of rotatable bonds is 2. The van der Waals surface area contributed by atoms with Gasteiger partial charge in [0, 0.05) is 11.0 Å². The molecule has 1 aromatic heterocycles. The largest absolute Gasteiger partial charge is 0.382 e. The summed E-state index contributed by atoms with van der Waals surface area (Å²) in [6.45, 7) is 0. The Bertz CT molecular complexity index is 525. The second-order valence-corrected chi connectivity index (χ2v) is 3.99. The molecule has 1 heterocycles. The predicted octanol–water partition coefficient (Wildman–Crippen LogP) is 2.66. The number of halogens is 2. The first-order chi connectivity index (χ1) is 7.63. The third-order valence-corrected chi connectivity index (χ3v) is 2.90. The molecule has 0 unspecified atom stereocenters. The molecule has 3 N–H and O–H groups in total. The number of hydrogen-bond donors (Lipinski definition) is 2. The molecule has 0 spiro atoms. The molecule has 2 rings (SSSR count). The molecule has 0 saturated carbocycles. The van der Waals surface area contributed by atoms with Crippen molar-refractivity contribution in [1.82, 2.24) is 10.2 Å². The molecule has 16 heavy (non-hydrogen) atoms. The maximum atomic E-state index is 13.9. The van der Waals surface area contributed by atoms with Crippen LogP contribution in [0.4, 0.5) is 14.6 Å². The van der Waals surface area contributed by atoms with Gasteiger partial charge in [0.05, 0.1) is 11.3 Å². The Morgan fingerprint density at radius 3 is 2.69 bits per heavy atom. The highest BCUT2D eigenvalue weighted by Crippen LogP contribution is 2.31. The molecule has 3 nitrogen and oxygen atoms in total. The lowest BCUT2D eigenvalue weighted by molar-refractivity contribution is 0.571. The van der Waals surface area contributed by atoms with E-state index in [4.69, 9.17) is 5.73 Å². The molecular formula is C10H9F2N3S. The van der Waals surface area contributed by atoms with Gasteiger partial charge >= 0.3 is 0 Å². The smallest absolute Gasteiger partial charge is 0.149 e. The van der Waals surface area contributed by atoms with E-state index >= 15 is 0 Å². The SMILES string of the molecule is CSc1ccc(F)c(-c2cc(N)n[nH]2)c1F. The van der Waals surface area contributed by atoms with Gasteiger partial charge < -0.3 is 5.73 Å². The van der Waals surface area contributed by atoms with Gasteiger partial charge in [0.1, 0.15) is 17.5 Å². The fourth-order valence-electron chi connectivity index (χ4n) is 1.40. The molecule has 0 amide bonds. The third-order valence-electron chi connectivity index (χ3n) is 2.14. The molecule has 6 heteroatoms. The Labute approximate surface area is 95.0 Å². The van der Waals surface area contributed by atoms with Crippen LogP contribution >= 0.6 is 11.8 Å². The van der Waals surface area contributed by atoms with E-state index < -0.39 is 11.6 Å². The van der Waals surface area contributed by atoms with Gasteiger partial charge in [-0.05, 0) is 18.4 Å². The van der Waals surface area contributed by atoms with Crippen LogP contribution in [0.5, 0.6) is 0 Å². The van der Waals surface area contributed by atoms with Crippen molar-refractivity contribution in [2.75, 3.05) is 12.0 Å². The zero-order valence-corrected chi connectivity index (χ0v) is 9.24. The first-order valence-electron chi connectivity index (χ1n) is 4.46. The van der Waals surface area contributed by atoms with Gasteiger partial charge in [-0.2, -0.15) is 5.10 Å². The van der Waals surface area contributed by atoms with Crippen LogP contribution in [-0.4, -0.2) is 16.5 Å². The molecule has 0 radical (unpaired) electrons. The second kappa shape index (κ2) is 4.13. The van der Waals surface area contributed by atoms with Crippen LogP contribution in [0.25, 0.3) is 11.3 Å². The summed E-state index contributed by atoms with van der Waals surface area (Å²) in [5.41, 5.74) is 5.50. The Morgan fingerprint density at radius 1 is 1.38 bits per heavy atom. The molecular weight excluding hydrogens is 232 g/mol. The van der Waals surface area contributed by atoms with Crippen LogP contribution in [-0.2, 0) is 0 Å². The summed E-state index contributed by atoms with van der Waals surface area (Å²) < 4.78 is 27.4. The van der Waals surface area contributed by atoms with E-state index in [1.54, 1.807) is 6.26 Å². The topological polar surface area (TPSA) is 54.7 Å². The molecule has 2 aromatic rings. The van der Waals surface area contributed by atoms with Gasteiger partial charge in [0.25, 0.3) is 0 Å². The van der Waals surface area contributed by atoms with E-state index in [9.17, 15) is 8.78 Å². The second-order valence-electron chi connectivity index (χ2n) is 3.15. The van der Waals surface area contributed by atoms with Crippen molar-refractivity contribution in [2.45, 2.75) is 4.90 Å². The number of nitrogens with two attached hydrogens (primary N) is 1. The number of H-pyrrole nitrogens is 1. The number of nitrogens with zero attached hydrogens (tertiary/aromatic N) is 1. The van der Waals surface area contributed by atoms with E-state index in [1.165, 1.54) is 30.0 Å². The number of hydrogen-bond acceptors (Lipinski definition) is 3. The number of nitrogens with one attached hydrogen (secondary N) is 1. The van der Waals surface area contributed by atoms with Gasteiger partial charge in [-0.1, -0.05) is 0 Å². The molecule has 0 aliphatic heterocycles. The quantitative estimate of drug-likeness (QED) is 0.795. The highest BCUT2D eigenvalue weighted by atomic mass is 32.2. The lowest BCUT2D eigenvalue weighted by Crippen LogP contribution is -1.92. The maximum absolute atomic E-state index is 13.9. The van der Waals surface area contributed by atoms with Crippen molar-refractivity contribution in [3.05, 3.63) is 29.8 Å². The van der Waals surface area contributed by atoms with Crippen LogP contribution in [0, 0.1) is 11.6 Å². The van der Waals surface area contributed by atoms with Crippen LogP contribution in [0.1, 0.15) is 0 Å². The van der Waals surface area contributed by atoms with E-state index in [1.807, 2.05) is 0 Å². The third kappa shape index (κ3) is 1.76. The van der Waals surface area contributed by atoms with Crippen LogP contribution in [0.2, 0.25) is 0 Å². The van der Waals surface area contributed by atoms with E-state index in [2.05, 4.69) is 10.2 Å². The lowest BCUT2D eigenvalue weighted by atomic mass is 10.1. The van der Waals surface area contributed by atoms with Crippen LogP contribution < -0.4 is 5.73 Å². The van der Waals surface area contributed by atoms with Crippen molar-refractivity contribution in [3.8, 4) is 11.3 Å². The highest BCUT2D eigenvalue weighted by molar-refractivity contribution is 7.98. The fraction of sp³-hybridized carbons (Fsp3) is 0.100. The predicted molar refractivity (Wildman–Crippen MR) is 60.1 cm³/mol. The van der Waals surface area contributed by atoms with Gasteiger partial charge in [-0.3, -0.25) is 5.10 Å². The van der Waals surface area contributed by atoms with Gasteiger partial charge in [-0.25, -0.2) is 8.78 Å². The number of benzene rings is 1. The number of aromatic nitrogens is 2. The first-order valence-corrected chi connectivity index (χ1v) is 5.69. The zero-order chi connectivity index (χ0) is 11.7. The van der Waals surface area contributed by atoms with E-state index in [0.29, 0.717) is 4.90 Å². The molecule has 0 fully saturated rings. The normalized spacial score (nSPS) is 10.7. The van der Waals surface area contributed by atoms with Gasteiger partial charge in [0.2, 0.25) is 0 Å². The molecule has 0 atom stereocenters. The molecule has 0 aliphatic rings. The van der Waals surface area contributed by atoms with Crippen molar-refractivity contribution < 1.29 is 8.78 Å². The average molecular weight is 241 g/mol. The number of aromatic amines is 1. The van der Waals surface area contributed by atoms with Crippen molar-refractivity contribution >= 4 is 17.6 Å². The van der Waals surface area contributed by atoms with Crippen molar-refractivity contribution in [3.63, 3.8) is 0 Å². The maximum Gasteiger partial charge on any atom is 0.149 e. The van der Waals surface area contributed by atoms with Gasteiger partial charge in [0.15, 0.2) is 0 Å².